The van der Waals surface area contributed by atoms with Gasteiger partial charge < -0.3 is 5.32 Å². The van der Waals surface area contributed by atoms with Gasteiger partial charge in [0.2, 0.25) is 0 Å². The van der Waals surface area contributed by atoms with Crippen LogP contribution in [-0.4, -0.2) is 0 Å². The molecule has 0 saturated carbocycles. The second-order valence-corrected chi connectivity index (χ2v) is 6.23. The maximum Gasteiger partial charge on any atom is 0.416 e. The topological polar surface area (TPSA) is 12.0 Å². The summed E-state index contributed by atoms with van der Waals surface area (Å²) in [5.74, 6) is 0. The normalized spacial score (nSPS) is 13.4. The van der Waals surface area contributed by atoms with Crippen LogP contribution in [-0.2, 0) is 12.7 Å². The number of hydrogen-bond acceptors (Lipinski definition) is 2. The van der Waals surface area contributed by atoms with Crippen LogP contribution < -0.4 is 5.32 Å². The highest BCUT2D eigenvalue weighted by Gasteiger charge is 2.29. The van der Waals surface area contributed by atoms with Crippen molar-refractivity contribution in [3.8, 4) is 0 Å². The van der Waals surface area contributed by atoms with Crippen LogP contribution >= 0.6 is 27.3 Å². The predicted molar refractivity (Wildman–Crippen MR) is 78.7 cm³/mol. The molecule has 0 radical (unpaired) electrons. The van der Waals surface area contributed by atoms with Crippen LogP contribution in [0.4, 0.5) is 13.2 Å². The zero-order valence-corrected chi connectivity index (χ0v) is 13.1. The van der Waals surface area contributed by atoms with Gasteiger partial charge in [-0.3, -0.25) is 0 Å². The number of halogens is 4. The molecule has 1 unspecified atom stereocenters. The van der Waals surface area contributed by atoms with E-state index in [1.807, 2.05) is 18.4 Å². The van der Waals surface area contributed by atoms with Gasteiger partial charge in [-0.25, -0.2) is 0 Å². The van der Waals surface area contributed by atoms with Crippen molar-refractivity contribution in [2.24, 2.45) is 0 Å². The minimum atomic E-state index is -4.28. The molecule has 108 valence electrons. The Bertz CT molecular complexity index is 563. The van der Waals surface area contributed by atoms with Crippen molar-refractivity contribution >= 4 is 27.3 Å². The quantitative estimate of drug-likeness (QED) is 0.768. The summed E-state index contributed by atoms with van der Waals surface area (Å²) in [6, 6.07) is 7.37. The summed E-state index contributed by atoms with van der Waals surface area (Å²) in [6.07, 6.45) is -4.28. The van der Waals surface area contributed by atoms with Crippen LogP contribution in [0.3, 0.4) is 0 Å². The van der Waals surface area contributed by atoms with Gasteiger partial charge in [0.25, 0.3) is 0 Å². The minimum absolute atomic E-state index is 0.145. The Balaban J connectivity index is 1.96. The summed E-state index contributed by atoms with van der Waals surface area (Å²) in [6.45, 7) is 2.56. The predicted octanol–water partition coefficient (Wildman–Crippen LogP) is 5.38. The number of hydrogen-bond donors (Lipinski definition) is 1. The molecule has 1 aromatic heterocycles. The van der Waals surface area contributed by atoms with Gasteiger partial charge in [0.15, 0.2) is 0 Å². The van der Waals surface area contributed by atoms with Crippen molar-refractivity contribution in [1.29, 1.82) is 0 Å². The molecule has 2 rings (SSSR count). The highest BCUT2D eigenvalue weighted by atomic mass is 79.9. The lowest BCUT2D eigenvalue weighted by Crippen LogP contribution is -2.17. The molecule has 0 aliphatic rings. The summed E-state index contributed by atoms with van der Waals surface area (Å²) >= 11 is 5.11. The molecule has 1 nitrogen and oxygen atoms in total. The molecule has 1 aromatic carbocycles. The first-order chi connectivity index (χ1) is 9.38. The standard InChI is InChI=1S/C14H13BrF3NS/c1-9(13-12(15)6-7-20-13)19-8-10-2-4-11(5-3-10)14(16,17)18/h2-7,9,19H,8H2,1H3. The van der Waals surface area contributed by atoms with E-state index in [0.29, 0.717) is 6.54 Å². The molecule has 6 heteroatoms. The molecule has 0 bridgehead atoms. The lowest BCUT2D eigenvalue weighted by atomic mass is 10.1. The van der Waals surface area contributed by atoms with Crippen molar-refractivity contribution in [2.75, 3.05) is 0 Å². The molecule has 1 heterocycles. The molecule has 0 spiro atoms. The van der Waals surface area contributed by atoms with Crippen LogP contribution in [0.2, 0.25) is 0 Å². The van der Waals surface area contributed by atoms with Crippen molar-refractivity contribution in [3.05, 3.63) is 56.2 Å². The molecular formula is C14H13BrF3NS. The average molecular weight is 364 g/mol. The Labute approximate surface area is 128 Å². The molecule has 0 saturated heterocycles. The van der Waals surface area contributed by atoms with Gasteiger partial charge in [0, 0.05) is 21.9 Å². The first-order valence-electron chi connectivity index (χ1n) is 6.00. The van der Waals surface area contributed by atoms with Gasteiger partial charge >= 0.3 is 6.18 Å². The third kappa shape index (κ3) is 3.84. The van der Waals surface area contributed by atoms with Crippen LogP contribution in [0.5, 0.6) is 0 Å². The summed E-state index contributed by atoms with van der Waals surface area (Å²) in [4.78, 5) is 1.18. The van der Waals surface area contributed by atoms with Gasteiger partial charge in [0.1, 0.15) is 0 Å². The first kappa shape index (κ1) is 15.5. The lowest BCUT2D eigenvalue weighted by Gasteiger charge is -2.13. The number of alkyl halides is 3. The average Bonchev–Trinajstić information content (AvgIpc) is 2.82. The number of rotatable bonds is 4. The number of thiophene rings is 1. The van der Waals surface area contributed by atoms with Gasteiger partial charge in [-0.2, -0.15) is 13.2 Å². The Kier molecular flexibility index (Phi) is 4.88. The minimum Gasteiger partial charge on any atom is -0.305 e. The molecule has 2 aromatic rings. The fraction of sp³-hybridized carbons (Fsp3) is 0.286. The number of benzene rings is 1. The van der Waals surface area contributed by atoms with Crippen molar-refractivity contribution in [1.82, 2.24) is 5.32 Å². The van der Waals surface area contributed by atoms with Crippen LogP contribution in [0.15, 0.2) is 40.2 Å². The third-order valence-electron chi connectivity index (χ3n) is 2.93. The highest BCUT2D eigenvalue weighted by Crippen LogP contribution is 2.30. The molecule has 1 N–H and O–H groups in total. The van der Waals surface area contributed by atoms with Crippen LogP contribution in [0, 0.1) is 0 Å². The lowest BCUT2D eigenvalue weighted by molar-refractivity contribution is -0.137. The molecule has 0 aliphatic carbocycles. The maximum atomic E-state index is 12.4. The van der Waals surface area contributed by atoms with Crippen molar-refractivity contribution < 1.29 is 13.2 Å². The fourth-order valence-electron chi connectivity index (χ4n) is 1.79. The SMILES string of the molecule is CC(NCc1ccc(C(F)(F)F)cc1)c1sccc1Br. The smallest absolute Gasteiger partial charge is 0.305 e. The molecule has 0 aliphatic heterocycles. The second kappa shape index (κ2) is 6.28. The molecule has 20 heavy (non-hydrogen) atoms. The van der Waals surface area contributed by atoms with Gasteiger partial charge in [-0.15, -0.1) is 11.3 Å². The van der Waals surface area contributed by atoms with E-state index in [2.05, 4.69) is 21.2 Å². The van der Waals surface area contributed by atoms with E-state index in [1.54, 1.807) is 11.3 Å². The van der Waals surface area contributed by atoms with Crippen LogP contribution in [0.1, 0.15) is 29.0 Å². The van der Waals surface area contributed by atoms with Gasteiger partial charge in [0.05, 0.1) is 5.56 Å². The fourth-order valence-corrected chi connectivity index (χ4v) is 3.54. The van der Waals surface area contributed by atoms with Crippen molar-refractivity contribution in [2.45, 2.75) is 25.7 Å². The summed E-state index contributed by atoms with van der Waals surface area (Å²) in [5, 5.41) is 5.30. The summed E-state index contributed by atoms with van der Waals surface area (Å²) in [5.41, 5.74) is 0.216. The summed E-state index contributed by atoms with van der Waals surface area (Å²) in [7, 11) is 0. The van der Waals surface area contributed by atoms with E-state index < -0.39 is 11.7 Å². The van der Waals surface area contributed by atoms with E-state index in [1.165, 1.54) is 17.0 Å². The van der Waals surface area contributed by atoms with E-state index in [0.717, 1.165) is 22.2 Å². The Morgan fingerprint density at radius 3 is 2.35 bits per heavy atom. The highest BCUT2D eigenvalue weighted by molar-refractivity contribution is 9.10. The molecule has 0 amide bonds. The number of nitrogens with one attached hydrogen (secondary N) is 1. The Morgan fingerprint density at radius 2 is 1.85 bits per heavy atom. The second-order valence-electron chi connectivity index (χ2n) is 4.43. The maximum absolute atomic E-state index is 12.4. The van der Waals surface area contributed by atoms with E-state index >= 15 is 0 Å². The molecular weight excluding hydrogens is 351 g/mol. The largest absolute Gasteiger partial charge is 0.416 e. The van der Waals surface area contributed by atoms with E-state index in [9.17, 15) is 13.2 Å². The monoisotopic (exact) mass is 363 g/mol. The van der Waals surface area contributed by atoms with E-state index in [4.69, 9.17) is 0 Å². The molecule has 0 fully saturated rings. The third-order valence-corrected chi connectivity index (χ3v) is 4.99. The zero-order valence-electron chi connectivity index (χ0n) is 10.7. The Morgan fingerprint density at radius 1 is 1.20 bits per heavy atom. The zero-order chi connectivity index (χ0) is 14.8. The first-order valence-corrected chi connectivity index (χ1v) is 7.67. The van der Waals surface area contributed by atoms with Crippen LogP contribution in [0.25, 0.3) is 0 Å². The summed E-state index contributed by atoms with van der Waals surface area (Å²) < 4.78 is 38.4. The van der Waals surface area contributed by atoms with E-state index in [-0.39, 0.29) is 6.04 Å². The van der Waals surface area contributed by atoms with Gasteiger partial charge in [-0.05, 0) is 52.0 Å². The van der Waals surface area contributed by atoms with Gasteiger partial charge in [-0.1, -0.05) is 12.1 Å². The van der Waals surface area contributed by atoms with Crippen molar-refractivity contribution in [3.63, 3.8) is 0 Å². The Hall–Kier alpha value is -0.850. The molecule has 1 atom stereocenters.